The predicted molar refractivity (Wildman–Crippen MR) is 216 cm³/mol. The van der Waals surface area contributed by atoms with Crippen LogP contribution in [-0.4, -0.2) is 43.4 Å². The topological polar surface area (TPSA) is 113 Å². The lowest BCUT2D eigenvalue weighted by molar-refractivity contribution is -0.141. The summed E-state index contributed by atoms with van der Waals surface area (Å²) in [6, 6.07) is 28.1. The highest BCUT2D eigenvalue weighted by molar-refractivity contribution is 7.22. The normalized spacial score (nSPS) is 25.9. The van der Waals surface area contributed by atoms with E-state index < -0.39 is 35.0 Å². The van der Waals surface area contributed by atoms with Crippen LogP contribution in [0.5, 0.6) is 5.75 Å². The summed E-state index contributed by atoms with van der Waals surface area (Å²) < 4.78 is 2.65. The zero-order chi connectivity index (χ0) is 38.8. The van der Waals surface area contributed by atoms with Gasteiger partial charge in [-0.1, -0.05) is 83.9 Å². The third-order valence-corrected chi connectivity index (χ3v) is 14.5. The number of benzene rings is 4. The second kappa shape index (κ2) is 12.5. The number of carbonyl (C=O) groups excluding carboxylic acids is 4. The van der Waals surface area contributed by atoms with Crippen LogP contribution in [0.2, 0.25) is 5.02 Å². The van der Waals surface area contributed by atoms with Crippen molar-refractivity contribution in [3.63, 3.8) is 0 Å². The van der Waals surface area contributed by atoms with Crippen molar-refractivity contribution in [2.75, 3.05) is 4.90 Å². The van der Waals surface area contributed by atoms with Gasteiger partial charge in [-0.05, 0) is 84.3 Å². The standard InChI is InChI=1S/C45H37ClN4O5S/c1-23-31-19-25(46)13-18-36(31)56-40(23)34-21-37(48(3)47-34)50-42(53)33-20-32-29(14-15-30-38(32)43(54)49(41(30)52)22-24-9-5-4-6-10-24)39(45(33,2)44(50)55)28-16-17-35(51)27-12-8-7-11-26(27)28/h4-14,16-19,21,30,32-33,38-39,51H,15,20,22H2,1-3H3/t30-,32+,33-,38-,39-,45+/m0/s1. The molecule has 4 amide bonds. The minimum atomic E-state index is -1.25. The summed E-state index contributed by atoms with van der Waals surface area (Å²) in [6.07, 6.45) is 2.67. The van der Waals surface area contributed by atoms with Crippen molar-refractivity contribution < 1.29 is 24.3 Å². The van der Waals surface area contributed by atoms with Crippen LogP contribution in [0.1, 0.15) is 42.4 Å². The highest BCUT2D eigenvalue weighted by Gasteiger charge is 2.68. The molecule has 1 N–H and O–H groups in total. The average molecular weight is 781 g/mol. The number of anilines is 1. The van der Waals surface area contributed by atoms with E-state index in [0.29, 0.717) is 28.3 Å². The van der Waals surface area contributed by atoms with Gasteiger partial charge < -0.3 is 5.11 Å². The van der Waals surface area contributed by atoms with Crippen molar-refractivity contribution in [1.82, 2.24) is 14.7 Å². The molecule has 0 unspecified atom stereocenters. The average Bonchev–Trinajstić information content (AvgIpc) is 3.86. The molecule has 280 valence electrons. The summed E-state index contributed by atoms with van der Waals surface area (Å²) in [6.45, 7) is 4.08. The molecule has 0 radical (unpaired) electrons. The minimum absolute atomic E-state index is 0.112. The number of phenolic OH excluding ortho intramolecular Hbond substituents is 1. The van der Waals surface area contributed by atoms with E-state index in [9.17, 15) is 14.7 Å². The molecule has 10 rings (SSSR count). The molecule has 3 fully saturated rings. The number of aryl methyl sites for hydroxylation is 2. The van der Waals surface area contributed by atoms with Gasteiger partial charge in [-0.15, -0.1) is 11.3 Å². The number of amides is 4. The second-order valence-corrected chi connectivity index (χ2v) is 17.3. The molecule has 2 aliphatic heterocycles. The van der Waals surface area contributed by atoms with E-state index in [1.54, 1.807) is 29.1 Å². The molecule has 1 saturated carbocycles. The molecule has 56 heavy (non-hydrogen) atoms. The fourth-order valence-corrected chi connectivity index (χ4v) is 11.7. The highest BCUT2D eigenvalue weighted by atomic mass is 35.5. The molecule has 2 aromatic heterocycles. The molecular weight excluding hydrogens is 744 g/mol. The van der Waals surface area contributed by atoms with E-state index >= 15 is 9.59 Å². The number of allylic oxidation sites excluding steroid dienone is 2. The van der Waals surface area contributed by atoms with Crippen LogP contribution >= 0.6 is 22.9 Å². The van der Waals surface area contributed by atoms with Gasteiger partial charge in [-0.25, -0.2) is 4.90 Å². The molecule has 4 aromatic carbocycles. The molecule has 6 aromatic rings. The first kappa shape index (κ1) is 34.9. The van der Waals surface area contributed by atoms with Gasteiger partial charge in [0.2, 0.25) is 23.6 Å². The van der Waals surface area contributed by atoms with Crippen LogP contribution in [0.3, 0.4) is 0 Å². The van der Waals surface area contributed by atoms with Crippen molar-refractivity contribution in [2.45, 2.75) is 39.2 Å². The number of thiophene rings is 1. The van der Waals surface area contributed by atoms with Gasteiger partial charge in [-0.3, -0.25) is 28.8 Å². The van der Waals surface area contributed by atoms with E-state index in [1.165, 1.54) is 9.80 Å². The van der Waals surface area contributed by atoms with E-state index in [2.05, 4.69) is 6.08 Å². The Morgan fingerprint density at radius 2 is 1.62 bits per heavy atom. The Labute approximate surface area is 331 Å². The fraction of sp³-hybridized carbons (Fsp3) is 0.267. The van der Waals surface area contributed by atoms with E-state index in [4.69, 9.17) is 16.7 Å². The van der Waals surface area contributed by atoms with Crippen LogP contribution in [0, 0.1) is 36.0 Å². The van der Waals surface area contributed by atoms with Crippen molar-refractivity contribution in [1.29, 1.82) is 0 Å². The number of hydrogen-bond donors (Lipinski definition) is 1. The Morgan fingerprint density at radius 3 is 2.41 bits per heavy atom. The molecule has 0 spiro atoms. The largest absolute Gasteiger partial charge is 0.507 e. The Bertz CT molecular complexity index is 2740. The van der Waals surface area contributed by atoms with Gasteiger partial charge in [0, 0.05) is 34.1 Å². The first-order chi connectivity index (χ1) is 27.0. The van der Waals surface area contributed by atoms with Gasteiger partial charge in [0.05, 0.1) is 34.6 Å². The van der Waals surface area contributed by atoms with Crippen LogP contribution in [0.15, 0.2) is 103 Å². The van der Waals surface area contributed by atoms with Crippen molar-refractivity contribution in [3.8, 4) is 16.3 Å². The molecule has 2 saturated heterocycles. The zero-order valence-electron chi connectivity index (χ0n) is 30.9. The maximum Gasteiger partial charge on any atom is 0.242 e. The van der Waals surface area contributed by atoms with Crippen molar-refractivity contribution >= 4 is 73.2 Å². The number of likely N-dealkylation sites (tertiary alicyclic amines) is 1. The van der Waals surface area contributed by atoms with Crippen LogP contribution in [0.25, 0.3) is 31.4 Å². The molecular formula is C45H37ClN4O5S. The van der Waals surface area contributed by atoms with Crippen LogP contribution in [-0.2, 0) is 32.8 Å². The summed E-state index contributed by atoms with van der Waals surface area (Å²) in [5, 5.41) is 18.9. The first-order valence-electron chi connectivity index (χ1n) is 18.9. The third kappa shape index (κ3) is 4.81. The van der Waals surface area contributed by atoms with Crippen molar-refractivity contribution in [3.05, 3.63) is 124 Å². The highest BCUT2D eigenvalue weighted by Crippen LogP contribution is 2.64. The number of halogens is 1. The lowest BCUT2D eigenvalue weighted by Gasteiger charge is -2.49. The van der Waals surface area contributed by atoms with E-state index in [-0.39, 0.29) is 42.3 Å². The Morgan fingerprint density at radius 1 is 0.875 bits per heavy atom. The lowest BCUT2D eigenvalue weighted by Crippen LogP contribution is -2.49. The van der Waals surface area contributed by atoms with Gasteiger partial charge in [-0.2, -0.15) is 5.10 Å². The summed E-state index contributed by atoms with van der Waals surface area (Å²) >= 11 is 7.92. The van der Waals surface area contributed by atoms with Gasteiger partial charge in [0.15, 0.2) is 0 Å². The second-order valence-electron chi connectivity index (χ2n) is 15.8. The molecule has 4 heterocycles. The molecule has 9 nitrogen and oxygen atoms in total. The Balaban J connectivity index is 1.10. The minimum Gasteiger partial charge on any atom is -0.507 e. The summed E-state index contributed by atoms with van der Waals surface area (Å²) in [5.41, 5.74) is 2.97. The quantitative estimate of drug-likeness (QED) is 0.139. The molecule has 6 atom stereocenters. The van der Waals surface area contributed by atoms with Gasteiger partial charge in [0.25, 0.3) is 0 Å². The molecule has 4 aliphatic rings. The number of nitrogens with zero attached hydrogens (tertiary/aromatic N) is 4. The lowest BCUT2D eigenvalue weighted by atomic mass is 9.51. The number of aromatic nitrogens is 2. The van der Waals surface area contributed by atoms with E-state index in [0.717, 1.165) is 42.6 Å². The maximum atomic E-state index is 15.3. The number of hydrogen-bond acceptors (Lipinski definition) is 7. The maximum absolute atomic E-state index is 15.3. The van der Waals surface area contributed by atoms with Gasteiger partial charge >= 0.3 is 0 Å². The Hall–Kier alpha value is -5.58. The first-order valence-corrected chi connectivity index (χ1v) is 20.1. The number of carbonyl (C=O) groups is 4. The smallest absolute Gasteiger partial charge is 0.242 e. The summed E-state index contributed by atoms with van der Waals surface area (Å²) in [4.78, 5) is 62.4. The molecule has 11 heteroatoms. The Kier molecular flexibility index (Phi) is 7.76. The SMILES string of the molecule is Cc1c(-c2cc(N3C(=O)[C@@H]4C[C@@H]5C(=CC[C@@H]6C(=O)N(Cc7ccccc7)C(=O)[C@@H]65)[C@H](c5ccc(O)c6ccccc56)[C@]4(C)C3=O)n(C)n2)sc2ccc(Cl)cc12. The van der Waals surface area contributed by atoms with Gasteiger partial charge in [0.1, 0.15) is 17.3 Å². The number of fused-ring (bicyclic) bond motifs is 6. The third-order valence-electron chi connectivity index (χ3n) is 13.0. The summed E-state index contributed by atoms with van der Waals surface area (Å²) in [5.74, 6) is -3.73. The molecule has 2 aliphatic carbocycles. The van der Waals surface area contributed by atoms with Crippen molar-refractivity contribution in [2.24, 2.45) is 36.1 Å². The number of imide groups is 2. The zero-order valence-corrected chi connectivity index (χ0v) is 32.5. The van der Waals surface area contributed by atoms with E-state index in [1.807, 2.05) is 98.8 Å². The van der Waals surface area contributed by atoms with Crippen LogP contribution in [0.4, 0.5) is 5.82 Å². The molecule has 0 bridgehead atoms. The number of phenols is 1. The predicted octanol–water partition coefficient (Wildman–Crippen LogP) is 8.55. The van der Waals surface area contributed by atoms with Crippen LogP contribution < -0.4 is 4.90 Å². The monoisotopic (exact) mass is 780 g/mol. The summed E-state index contributed by atoms with van der Waals surface area (Å²) in [7, 11) is 1.74. The number of aromatic hydroxyl groups is 1. The number of rotatable bonds is 5. The fourth-order valence-electron chi connectivity index (χ4n) is 10.3.